The van der Waals surface area contributed by atoms with Crippen LogP contribution in [0.3, 0.4) is 0 Å². The molecule has 21 heavy (non-hydrogen) atoms. The van der Waals surface area contributed by atoms with Gasteiger partial charge in [0.1, 0.15) is 5.03 Å². The molecule has 1 heterocycles. The van der Waals surface area contributed by atoms with Gasteiger partial charge in [0.2, 0.25) is 0 Å². The molecular formula is C16H18N2O2S. The van der Waals surface area contributed by atoms with Gasteiger partial charge in [-0.05, 0) is 43.0 Å². The summed E-state index contributed by atoms with van der Waals surface area (Å²) >= 11 is 1.36. The van der Waals surface area contributed by atoms with Crippen molar-refractivity contribution >= 4 is 17.9 Å². The third-order valence-electron chi connectivity index (χ3n) is 2.79. The lowest BCUT2D eigenvalue weighted by Gasteiger charge is -2.08. The van der Waals surface area contributed by atoms with Crippen LogP contribution in [0.2, 0.25) is 0 Å². The number of pyridine rings is 1. The lowest BCUT2D eigenvalue weighted by Crippen LogP contribution is -2.12. The lowest BCUT2D eigenvalue weighted by molar-refractivity contribution is 0.0521. The summed E-state index contributed by atoms with van der Waals surface area (Å²) in [7, 11) is 0. The van der Waals surface area contributed by atoms with Gasteiger partial charge >= 0.3 is 5.97 Å². The Bertz CT molecular complexity index is 575. The maximum absolute atomic E-state index is 11.8. The van der Waals surface area contributed by atoms with Crippen LogP contribution in [0.1, 0.15) is 22.8 Å². The molecule has 0 amide bonds. The first-order valence-corrected chi connectivity index (χ1v) is 7.68. The summed E-state index contributed by atoms with van der Waals surface area (Å²) in [5.41, 5.74) is 1.77. The van der Waals surface area contributed by atoms with Gasteiger partial charge in [-0.25, -0.2) is 9.78 Å². The van der Waals surface area contributed by atoms with Gasteiger partial charge < -0.3 is 4.74 Å². The molecule has 1 aromatic heterocycles. The number of hydrogen-bond acceptors (Lipinski definition) is 5. The van der Waals surface area contributed by atoms with Crippen molar-refractivity contribution in [2.75, 3.05) is 13.2 Å². The average molecular weight is 302 g/mol. The van der Waals surface area contributed by atoms with Gasteiger partial charge in [0.05, 0.1) is 12.2 Å². The molecule has 0 saturated heterocycles. The predicted octanol–water partition coefficient (Wildman–Crippen LogP) is 3.10. The Morgan fingerprint density at radius 1 is 1.24 bits per heavy atom. The number of nitrogens with zero attached hydrogens (tertiary/aromatic N) is 1. The minimum Gasteiger partial charge on any atom is -0.462 e. The van der Waals surface area contributed by atoms with Crippen LogP contribution in [-0.4, -0.2) is 24.1 Å². The van der Waals surface area contributed by atoms with Crippen LogP contribution in [0.25, 0.3) is 0 Å². The number of hydrogen-bond donors (Lipinski definition) is 1. The van der Waals surface area contributed by atoms with Gasteiger partial charge in [-0.1, -0.05) is 30.3 Å². The van der Waals surface area contributed by atoms with E-state index in [0.29, 0.717) is 17.2 Å². The molecule has 0 bridgehead atoms. The van der Waals surface area contributed by atoms with E-state index in [0.717, 1.165) is 13.0 Å². The smallest absolute Gasteiger partial charge is 0.340 e. The second-order valence-corrected chi connectivity index (χ2v) is 5.19. The Kier molecular flexibility index (Phi) is 6.24. The fourth-order valence-electron chi connectivity index (χ4n) is 1.80. The van der Waals surface area contributed by atoms with E-state index in [1.165, 1.54) is 17.5 Å². The second kappa shape index (κ2) is 8.44. The number of carbonyl (C=O) groups excluding carboxylic acids is 1. The van der Waals surface area contributed by atoms with E-state index in [4.69, 9.17) is 4.74 Å². The van der Waals surface area contributed by atoms with Crippen molar-refractivity contribution in [3.8, 4) is 0 Å². The van der Waals surface area contributed by atoms with E-state index in [2.05, 4.69) is 21.8 Å². The summed E-state index contributed by atoms with van der Waals surface area (Å²) in [5.74, 6) is -0.335. The van der Waals surface area contributed by atoms with E-state index in [1.807, 2.05) is 18.2 Å². The molecule has 0 aliphatic rings. The van der Waals surface area contributed by atoms with Crippen LogP contribution < -0.4 is 4.72 Å². The molecule has 0 unspecified atom stereocenters. The Morgan fingerprint density at radius 3 is 2.81 bits per heavy atom. The van der Waals surface area contributed by atoms with Crippen LogP contribution in [0.4, 0.5) is 0 Å². The molecule has 0 aliphatic heterocycles. The van der Waals surface area contributed by atoms with Crippen LogP contribution in [-0.2, 0) is 11.2 Å². The van der Waals surface area contributed by atoms with Gasteiger partial charge in [0, 0.05) is 12.7 Å². The van der Waals surface area contributed by atoms with E-state index < -0.39 is 0 Å². The maximum Gasteiger partial charge on any atom is 0.340 e. The highest BCUT2D eigenvalue weighted by Gasteiger charge is 2.13. The predicted molar refractivity (Wildman–Crippen MR) is 84.2 cm³/mol. The van der Waals surface area contributed by atoms with Crippen molar-refractivity contribution in [3.05, 3.63) is 59.8 Å². The highest BCUT2D eigenvalue weighted by Crippen LogP contribution is 2.18. The monoisotopic (exact) mass is 302 g/mol. The molecule has 2 rings (SSSR count). The first kappa shape index (κ1) is 15.5. The molecule has 0 aliphatic carbocycles. The summed E-state index contributed by atoms with van der Waals surface area (Å²) < 4.78 is 8.26. The van der Waals surface area contributed by atoms with Gasteiger partial charge in [-0.3, -0.25) is 4.72 Å². The zero-order chi connectivity index (χ0) is 14.9. The summed E-state index contributed by atoms with van der Waals surface area (Å²) in [6, 6.07) is 13.7. The van der Waals surface area contributed by atoms with Crippen LogP contribution in [0.15, 0.2) is 53.7 Å². The summed E-state index contributed by atoms with van der Waals surface area (Å²) in [6.07, 6.45) is 2.60. The van der Waals surface area contributed by atoms with E-state index >= 15 is 0 Å². The number of aromatic nitrogens is 1. The second-order valence-electron chi connectivity index (χ2n) is 4.31. The summed E-state index contributed by atoms with van der Waals surface area (Å²) in [5, 5.41) is 0.643. The number of benzene rings is 1. The first-order chi connectivity index (χ1) is 10.3. The molecule has 0 fully saturated rings. The van der Waals surface area contributed by atoms with Crippen molar-refractivity contribution < 1.29 is 9.53 Å². The maximum atomic E-state index is 11.8. The molecule has 0 atom stereocenters. The molecular weight excluding hydrogens is 284 g/mol. The number of ether oxygens (including phenoxy) is 1. The third-order valence-corrected chi connectivity index (χ3v) is 3.66. The highest BCUT2D eigenvalue weighted by atomic mass is 32.2. The van der Waals surface area contributed by atoms with Gasteiger partial charge in [-0.15, -0.1) is 0 Å². The number of nitrogens with one attached hydrogen (secondary N) is 1. The van der Waals surface area contributed by atoms with Crippen molar-refractivity contribution in [1.82, 2.24) is 9.71 Å². The van der Waals surface area contributed by atoms with Crippen molar-refractivity contribution in [2.45, 2.75) is 18.4 Å². The van der Waals surface area contributed by atoms with Crippen LogP contribution in [0, 0.1) is 0 Å². The normalized spacial score (nSPS) is 10.3. The number of carbonyl (C=O) groups is 1. The highest BCUT2D eigenvalue weighted by molar-refractivity contribution is 7.97. The molecule has 0 radical (unpaired) electrons. The first-order valence-electron chi connectivity index (χ1n) is 6.87. The fourth-order valence-corrected chi connectivity index (χ4v) is 2.51. The van der Waals surface area contributed by atoms with Crippen molar-refractivity contribution in [2.24, 2.45) is 0 Å². The van der Waals surface area contributed by atoms with Crippen molar-refractivity contribution in [1.29, 1.82) is 0 Å². The molecule has 1 N–H and O–H groups in total. The molecule has 0 saturated carbocycles. The van der Waals surface area contributed by atoms with Crippen molar-refractivity contribution in [3.63, 3.8) is 0 Å². The van der Waals surface area contributed by atoms with E-state index in [-0.39, 0.29) is 5.97 Å². The Labute approximate surface area is 129 Å². The topological polar surface area (TPSA) is 51.2 Å². The zero-order valence-corrected chi connectivity index (χ0v) is 12.7. The molecule has 1 aromatic carbocycles. The quantitative estimate of drug-likeness (QED) is 0.484. The third kappa shape index (κ3) is 4.88. The zero-order valence-electron chi connectivity index (χ0n) is 11.9. The Morgan fingerprint density at radius 2 is 2.05 bits per heavy atom. The fraction of sp³-hybridized carbons (Fsp3) is 0.250. The SMILES string of the molecule is CCOC(=O)c1cccnc1SNCCc1ccccc1. The Hall–Kier alpha value is -1.85. The standard InChI is InChI=1S/C16H18N2O2S/c1-2-20-16(19)14-9-6-11-17-15(14)21-18-12-10-13-7-4-3-5-8-13/h3-9,11,18H,2,10,12H2,1H3. The molecule has 110 valence electrons. The lowest BCUT2D eigenvalue weighted by atomic mass is 10.2. The Balaban J connectivity index is 1.87. The van der Waals surface area contributed by atoms with E-state index in [9.17, 15) is 4.79 Å². The van der Waals surface area contributed by atoms with Crippen LogP contribution >= 0.6 is 11.9 Å². The molecule has 0 spiro atoms. The van der Waals surface area contributed by atoms with E-state index in [1.54, 1.807) is 25.3 Å². The number of rotatable bonds is 7. The minimum atomic E-state index is -0.335. The average Bonchev–Trinajstić information content (AvgIpc) is 2.53. The minimum absolute atomic E-state index is 0.335. The molecule has 2 aromatic rings. The van der Waals surface area contributed by atoms with Gasteiger partial charge in [0.15, 0.2) is 0 Å². The molecule has 5 heteroatoms. The largest absolute Gasteiger partial charge is 0.462 e. The summed E-state index contributed by atoms with van der Waals surface area (Å²) in [4.78, 5) is 16.0. The van der Waals surface area contributed by atoms with Gasteiger partial charge in [0.25, 0.3) is 0 Å². The number of esters is 1. The van der Waals surface area contributed by atoms with Gasteiger partial charge in [-0.2, -0.15) is 0 Å². The van der Waals surface area contributed by atoms with Crippen LogP contribution in [0.5, 0.6) is 0 Å². The molecule has 4 nitrogen and oxygen atoms in total. The summed E-state index contributed by atoms with van der Waals surface area (Å²) in [6.45, 7) is 2.95.